The number of hydrazine groups is 1. The molecule has 0 unspecified atom stereocenters. The molecule has 7 heteroatoms. The fourth-order valence-electron chi connectivity index (χ4n) is 0.842. The maximum atomic E-state index is 11.9. The van der Waals surface area contributed by atoms with E-state index in [9.17, 15) is 13.2 Å². The Morgan fingerprint density at radius 3 is 2.50 bits per heavy atom. The van der Waals surface area contributed by atoms with E-state index in [2.05, 4.69) is 4.74 Å². The standard InChI is InChI=1S/C7H6ClF3N2O/c8-4-2-1-3-5(13-12)6(4)14-7(9,10)11/h1-3,13H,12H2. The summed E-state index contributed by atoms with van der Waals surface area (Å²) in [5.41, 5.74) is 2.02. The molecule has 0 aromatic heterocycles. The predicted octanol–water partition coefficient (Wildman–Crippen LogP) is 2.52. The van der Waals surface area contributed by atoms with Gasteiger partial charge >= 0.3 is 6.36 Å². The summed E-state index contributed by atoms with van der Waals surface area (Å²) in [6, 6.07) is 4.02. The zero-order chi connectivity index (χ0) is 10.8. The van der Waals surface area contributed by atoms with Crippen molar-refractivity contribution in [3.63, 3.8) is 0 Å². The van der Waals surface area contributed by atoms with Crippen LogP contribution in [0.15, 0.2) is 18.2 Å². The first-order chi connectivity index (χ1) is 6.44. The lowest BCUT2D eigenvalue weighted by Crippen LogP contribution is -2.19. The third-order valence-corrected chi connectivity index (χ3v) is 1.64. The number of hydrogen-bond donors (Lipinski definition) is 2. The number of nitrogens with two attached hydrogens (primary N) is 1. The van der Waals surface area contributed by atoms with Gasteiger partial charge in [-0.2, -0.15) is 0 Å². The first-order valence-corrected chi connectivity index (χ1v) is 3.82. The summed E-state index contributed by atoms with van der Waals surface area (Å²) >= 11 is 5.49. The van der Waals surface area contributed by atoms with Gasteiger partial charge in [0.15, 0.2) is 5.75 Å². The highest BCUT2D eigenvalue weighted by Crippen LogP contribution is 2.36. The van der Waals surface area contributed by atoms with Crippen molar-refractivity contribution in [2.75, 3.05) is 5.43 Å². The Morgan fingerprint density at radius 1 is 1.36 bits per heavy atom. The number of ether oxygens (including phenoxy) is 1. The number of nitrogens with one attached hydrogen (secondary N) is 1. The highest BCUT2D eigenvalue weighted by Gasteiger charge is 2.33. The SMILES string of the molecule is NNc1cccc(Cl)c1OC(F)(F)F. The topological polar surface area (TPSA) is 47.3 Å². The van der Waals surface area contributed by atoms with E-state index in [1.165, 1.54) is 18.2 Å². The van der Waals surface area contributed by atoms with Crippen LogP contribution in [0.4, 0.5) is 18.9 Å². The maximum Gasteiger partial charge on any atom is 0.573 e. The van der Waals surface area contributed by atoms with E-state index in [1.54, 1.807) is 0 Å². The second-order valence-corrected chi connectivity index (χ2v) is 2.72. The predicted molar refractivity (Wildman–Crippen MR) is 45.9 cm³/mol. The highest BCUT2D eigenvalue weighted by atomic mass is 35.5. The quantitative estimate of drug-likeness (QED) is 0.602. The number of halogens is 4. The lowest BCUT2D eigenvalue weighted by atomic mass is 10.3. The Morgan fingerprint density at radius 2 is 2.00 bits per heavy atom. The van der Waals surface area contributed by atoms with E-state index in [1.807, 2.05) is 5.43 Å². The molecule has 3 N–H and O–H groups in total. The summed E-state index contributed by atoms with van der Waals surface area (Å²) in [5.74, 6) is 4.44. The molecule has 0 aliphatic carbocycles. The molecule has 1 aromatic rings. The molecule has 78 valence electrons. The molecular weight excluding hydrogens is 221 g/mol. The molecule has 0 atom stereocenters. The average Bonchev–Trinajstić information content (AvgIpc) is 2.06. The number of alkyl halides is 3. The van der Waals surface area contributed by atoms with Crippen molar-refractivity contribution in [3.05, 3.63) is 23.2 Å². The first-order valence-electron chi connectivity index (χ1n) is 3.45. The van der Waals surface area contributed by atoms with Crippen molar-refractivity contribution in [2.45, 2.75) is 6.36 Å². The molecule has 14 heavy (non-hydrogen) atoms. The molecule has 0 aliphatic rings. The number of rotatable bonds is 2. The van der Waals surface area contributed by atoms with Gasteiger partial charge in [0, 0.05) is 0 Å². The molecule has 0 spiro atoms. The van der Waals surface area contributed by atoms with Crippen molar-refractivity contribution in [2.24, 2.45) is 5.84 Å². The Labute approximate surface area is 82.6 Å². The third-order valence-electron chi connectivity index (χ3n) is 1.34. The van der Waals surface area contributed by atoms with Gasteiger partial charge in [-0.15, -0.1) is 13.2 Å². The fourth-order valence-corrected chi connectivity index (χ4v) is 1.06. The van der Waals surface area contributed by atoms with Gasteiger partial charge in [0.25, 0.3) is 0 Å². The molecule has 0 fully saturated rings. The molecule has 1 rings (SSSR count). The van der Waals surface area contributed by atoms with Crippen molar-refractivity contribution in [3.8, 4) is 5.75 Å². The van der Waals surface area contributed by atoms with Gasteiger partial charge < -0.3 is 10.2 Å². The molecule has 0 radical (unpaired) electrons. The van der Waals surface area contributed by atoms with Crippen molar-refractivity contribution < 1.29 is 17.9 Å². The number of nitrogen functional groups attached to an aromatic ring is 1. The van der Waals surface area contributed by atoms with Crippen LogP contribution in [-0.4, -0.2) is 6.36 Å². The zero-order valence-electron chi connectivity index (χ0n) is 6.73. The van der Waals surface area contributed by atoms with E-state index in [-0.39, 0.29) is 10.7 Å². The summed E-state index contributed by atoms with van der Waals surface area (Å²) in [6.45, 7) is 0. The van der Waals surface area contributed by atoms with Crippen LogP contribution in [0.5, 0.6) is 5.75 Å². The van der Waals surface area contributed by atoms with Crippen molar-refractivity contribution >= 4 is 17.3 Å². The van der Waals surface area contributed by atoms with E-state index < -0.39 is 12.1 Å². The van der Waals surface area contributed by atoms with Crippen molar-refractivity contribution in [1.82, 2.24) is 0 Å². The van der Waals surface area contributed by atoms with E-state index >= 15 is 0 Å². The lowest BCUT2D eigenvalue weighted by Gasteiger charge is -2.13. The van der Waals surface area contributed by atoms with Crippen LogP contribution in [0.25, 0.3) is 0 Å². The monoisotopic (exact) mass is 226 g/mol. The number of hydrogen-bond acceptors (Lipinski definition) is 3. The molecule has 0 heterocycles. The van der Waals surface area contributed by atoms with Gasteiger partial charge in [-0.3, -0.25) is 5.84 Å². The summed E-state index contributed by atoms with van der Waals surface area (Å²) in [4.78, 5) is 0. The number of benzene rings is 1. The molecule has 1 aromatic carbocycles. The van der Waals surface area contributed by atoms with Crippen LogP contribution in [0, 0.1) is 0 Å². The molecule has 0 amide bonds. The maximum absolute atomic E-state index is 11.9. The summed E-state index contributed by atoms with van der Waals surface area (Å²) in [7, 11) is 0. The average molecular weight is 227 g/mol. The second kappa shape index (κ2) is 3.93. The normalized spacial score (nSPS) is 11.2. The minimum absolute atomic E-state index is 0.0326. The van der Waals surface area contributed by atoms with Crippen LogP contribution in [0.1, 0.15) is 0 Å². The van der Waals surface area contributed by atoms with Gasteiger partial charge in [0.05, 0.1) is 10.7 Å². The van der Waals surface area contributed by atoms with Gasteiger partial charge in [-0.05, 0) is 12.1 Å². The summed E-state index contributed by atoms with van der Waals surface area (Å²) in [6.07, 6.45) is -4.80. The van der Waals surface area contributed by atoms with Crippen LogP contribution < -0.4 is 16.0 Å². The Balaban J connectivity index is 3.05. The fraction of sp³-hybridized carbons (Fsp3) is 0.143. The first kappa shape index (κ1) is 10.9. The highest BCUT2D eigenvalue weighted by molar-refractivity contribution is 6.32. The van der Waals surface area contributed by atoms with Crippen LogP contribution >= 0.6 is 11.6 Å². The molecular formula is C7H6ClF3N2O. The van der Waals surface area contributed by atoms with Gasteiger partial charge in [-0.25, -0.2) is 0 Å². The second-order valence-electron chi connectivity index (χ2n) is 2.31. The Bertz CT molecular complexity index is 329. The number of para-hydroxylation sites is 1. The number of anilines is 1. The zero-order valence-corrected chi connectivity index (χ0v) is 7.49. The van der Waals surface area contributed by atoms with E-state index in [0.29, 0.717) is 0 Å². The minimum atomic E-state index is -4.80. The van der Waals surface area contributed by atoms with Gasteiger partial charge in [0.1, 0.15) is 0 Å². The third kappa shape index (κ3) is 2.68. The minimum Gasteiger partial charge on any atom is -0.402 e. The van der Waals surface area contributed by atoms with Gasteiger partial charge in [-0.1, -0.05) is 17.7 Å². The van der Waals surface area contributed by atoms with Gasteiger partial charge in [0.2, 0.25) is 0 Å². The van der Waals surface area contributed by atoms with E-state index in [0.717, 1.165) is 0 Å². The molecule has 0 saturated carbocycles. The largest absolute Gasteiger partial charge is 0.573 e. The van der Waals surface area contributed by atoms with Crippen molar-refractivity contribution in [1.29, 1.82) is 0 Å². The molecule has 0 saturated heterocycles. The van der Waals surface area contributed by atoms with Crippen LogP contribution in [0.3, 0.4) is 0 Å². The smallest absolute Gasteiger partial charge is 0.402 e. The summed E-state index contributed by atoms with van der Waals surface area (Å²) in [5, 5.41) is -0.169. The summed E-state index contributed by atoms with van der Waals surface area (Å²) < 4.78 is 39.3. The van der Waals surface area contributed by atoms with Crippen LogP contribution in [-0.2, 0) is 0 Å². The molecule has 3 nitrogen and oxygen atoms in total. The lowest BCUT2D eigenvalue weighted by molar-refractivity contribution is -0.274. The van der Waals surface area contributed by atoms with Crippen LogP contribution in [0.2, 0.25) is 5.02 Å². The molecule has 0 bridgehead atoms. The van der Waals surface area contributed by atoms with E-state index in [4.69, 9.17) is 17.4 Å². The molecule has 0 aliphatic heterocycles. The Kier molecular flexibility index (Phi) is 3.07. The Hall–Kier alpha value is -1.14.